The zero-order chi connectivity index (χ0) is 15.7. The molecule has 0 aliphatic heterocycles. The van der Waals surface area contributed by atoms with Gasteiger partial charge in [-0.15, -0.1) is 0 Å². The van der Waals surface area contributed by atoms with Crippen molar-refractivity contribution in [1.82, 2.24) is 0 Å². The molecule has 0 unspecified atom stereocenters. The van der Waals surface area contributed by atoms with Crippen LogP contribution in [0.4, 0.5) is 11.4 Å². The molecule has 5 nitrogen and oxygen atoms in total. The van der Waals surface area contributed by atoms with E-state index in [2.05, 4.69) is 10.6 Å². The highest BCUT2D eigenvalue weighted by atomic mass is 32.2. The summed E-state index contributed by atoms with van der Waals surface area (Å²) in [6, 6.07) is 6.86. The molecule has 0 radical (unpaired) electrons. The van der Waals surface area contributed by atoms with E-state index in [-0.39, 0.29) is 22.7 Å². The van der Waals surface area contributed by atoms with Crippen molar-refractivity contribution >= 4 is 51.8 Å². The maximum atomic E-state index is 11.5. The number of hydrogen-bond donors (Lipinski definition) is 2. The molecule has 0 saturated carbocycles. The van der Waals surface area contributed by atoms with Crippen LogP contribution in [0.25, 0.3) is 0 Å². The molecule has 0 aliphatic rings. The van der Waals surface area contributed by atoms with E-state index in [1.165, 1.54) is 6.92 Å². The SMILES string of the molecule is CCSCC(=O)Nc1ccc(NC(=O)CSC(C)=O)cc1. The number of carbonyl (C=O) groups excluding carboxylic acids is 3. The molecule has 0 spiro atoms. The van der Waals surface area contributed by atoms with Crippen LogP contribution in [0.3, 0.4) is 0 Å². The highest BCUT2D eigenvalue weighted by Gasteiger charge is 2.05. The molecule has 0 atom stereocenters. The summed E-state index contributed by atoms with van der Waals surface area (Å²) < 4.78 is 0. The molecule has 0 aromatic heterocycles. The van der Waals surface area contributed by atoms with E-state index < -0.39 is 0 Å². The second-order valence-electron chi connectivity index (χ2n) is 4.09. The molecule has 0 aliphatic carbocycles. The van der Waals surface area contributed by atoms with Crippen LogP contribution in [0.1, 0.15) is 13.8 Å². The Morgan fingerprint density at radius 1 is 0.952 bits per heavy atom. The van der Waals surface area contributed by atoms with Gasteiger partial charge < -0.3 is 10.6 Å². The van der Waals surface area contributed by atoms with Crippen LogP contribution in [0.5, 0.6) is 0 Å². The maximum Gasteiger partial charge on any atom is 0.234 e. The predicted molar refractivity (Wildman–Crippen MR) is 89.8 cm³/mol. The first-order valence-corrected chi connectivity index (χ1v) is 8.56. The van der Waals surface area contributed by atoms with E-state index >= 15 is 0 Å². The third kappa shape index (κ3) is 7.77. The fourth-order valence-electron chi connectivity index (χ4n) is 1.39. The summed E-state index contributed by atoms with van der Waals surface area (Å²) in [4.78, 5) is 33.9. The molecule has 1 rings (SSSR count). The number of benzene rings is 1. The normalized spacial score (nSPS) is 10.0. The zero-order valence-electron chi connectivity index (χ0n) is 12.0. The van der Waals surface area contributed by atoms with E-state index in [4.69, 9.17) is 0 Å². The number of rotatable bonds is 7. The average Bonchev–Trinajstić information content (AvgIpc) is 2.45. The summed E-state index contributed by atoms with van der Waals surface area (Å²) in [6.07, 6.45) is 0. The minimum Gasteiger partial charge on any atom is -0.325 e. The minimum absolute atomic E-state index is 0.0449. The summed E-state index contributed by atoms with van der Waals surface area (Å²) in [5.41, 5.74) is 1.32. The van der Waals surface area contributed by atoms with Crippen molar-refractivity contribution in [2.45, 2.75) is 13.8 Å². The summed E-state index contributed by atoms with van der Waals surface area (Å²) in [6.45, 7) is 3.42. The van der Waals surface area contributed by atoms with Gasteiger partial charge in [0.25, 0.3) is 0 Å². The van der Waals surface area contributed by atoms with Gasteiger partial charge in [0.05, 0.1) is 11.5 Å². The van der Waals surface area contributed by atoms with Gasteiger partial charge in [-0.3, -0.25) is 14.4 Å². The predicted octanol–water partition coefficient (Wildman–Crippen LogP) is 2.60. The van der Waals surface area contributed by atoms with E-state index in [9.17, 15) is 14.4 Å². The molecule has 21 heavy (non-hydrogen) atoms. The highest BCUT2D eigenvalue weighted by molar-refractivity contribution is 8.14. The topological polar surface area (TPSA) is 75.3 Å². The van der Waals surface area contributed by atoms with Gasteiger partial charge in [0.15, 0.2) is 5.12 Å². The second kappa shape index (κ2) is 9.46. The first-order chi connectivity index (χ1) is 10.0. The summed E-state index contributed by atoms with van der Waals surface area (Å²) in [7, 11) is 0. The molecule has 2 amide bonds. The van der Waals surface area contributed by atoms with Gasteiger partial charge in [-0.25, -0.2) is 0 Å². The average molecular weight is 326 g/mol. The Hall–Kier alpha value is -1.47. The largest absolute Gasteiger partial charge is 0.325 e. The number of nitrogens with one attached hydrogen (secondary N) is 2. The summed E-state index contributed by atoms with van der Waals surface area (Å²) in [5.74, 6) is 1.15. The van der Waals surface area contributed by atoms with Crippen LogP contribution in [-0.4, -0.2) is 34.2 Å². The third-order valence-electron chi connectivity index (χ3n) is 2.30. The Morgan fingerprint density at radius 3 is 1.86 bits per heavy atom. The Kier molecular flexibility index (Phi) is 7.92. The highest BCUT2D eigenvalue weighted by Crippen LogP contribution is 2.14. The van der Waals surface area contributed by atoms with E-state index in [0.29, 0.717) is 17.1 Å². The monoisotopic (exact) mass is 326 g/mol. The van der Waals surface area contributed by atoms with Crippen molar-refractivity contribution < 1.29 is 14.4 Å². The number of anilines is 2. The fourth-order valence-corrected chi connectivity index (χ4v) is 2.26. The smallest absolute Gasteiger partial charge is 0.234 e. The summed E-state index contributed by atoms with van der Waals surface area (Å²) in [5, 5.41) is 5.37. The molecule has 0 bridgehead atoms. The van der Waals surface area contributed by atoms with Crippen LogP contribution >= 0.6 is 23.5 Å². The van der Waals surface area contributed by atoms with Crippen molar-refractivity contribution in [3.05, 3.63) is 24.3 Å². The Balaban J connectivity index is 2.44. The molecular formula is C14H18N2O3S2. The fraction of sp³-hybridized carbons (Fsp3) is 0.357. The molecule has 1 aromatic carbocycles. The lowest BCUT2D eigenvalue weighted by atomic mass is 10.3. The van der Waals surface area contributed by atoms with Crippen molar-refractivity contribution in [1.29, 1.82) is 0 Å². The van der Waals surface area contributed by atoms with Gasteiger partial charge in [-0.2, -0.15) is 11.8 Å². The van der Waals surface area contributed by atoms with Gasteiger partial charge in [0.1, 0.15) is 0 Å². The van der Waals surface area contributed by atoms with Crippen LogP contribution in [0.15, 0.2) is 24.3 Å². The molecule has 0 heterocycles. The van der Waals surface area contributed by atoms with Crippen LogP contribution in [-0.2, 0) is 14.4 Å². The van der Waals surface area contributed by atoms with Crippen LogP contribution in [0.2, 0.25) is 0 Å². The molecular weight excluding hydrogens is 308 g/mol. The van der Waals surface area contributed by atoms with Gasteiger partial charge in [-0.05, 0) is 30.0 Å². The quantitative estimate of drug-likeness (QED) is 0.805. The molecule has 1 aromatic rings. The van der Waals surface area contributed by atoms with E-state index in [0.717, 1.165) is 17.5 Å². The van der Waals surface area contributed by atoms with E-state index in [1.54, 1.807) is 36.0 Å². The molecule has 2 N–H and O–H groups in total. The maximum absolute atomic E-state index is 11.5. The minimum atomic E-state index is -0.230. The Morgan fingerprint density at radius 2 is 1.43 bits per heavy atom. The first kappa shape index (κ1) is 17.6. The van der Waals surface area contributed by atoms with Crippen LogP contribution in [0, 0.1) is 0 Å². The van der Waals surface area contributed by atoms with Crippen molar-refractivity contribution in [2.75, 3.05) is 27.9 Å². The second-order valence-corrected chi connectivity index (χ2v) is 6.52. The number of thioether (sulfide) groups is 2. The van der Waals surface area contributed by atoms with Crippen molar-refractivity contribution in [2.24, 2.45) is 0 Å². The van der Waals surface area contributed by atoms with Crippen molar-refractivity contribution in [3.63, 3.8) is 0 Å². The van der Waals surface area contributed by atoms with Gasteiger partial charge in [0.2, 0.25) is 11.8 Å². The van der Waals surface area contributed by atoms with Gasteiger partial charge in [-0.1, -0.05) is 18.7 Å². The third-order valence-corrected chi connectivity index (χ3v) is 3.98. The number of hydrogen-bond acceptors (Lipinski definition) is 5. The Bertz CT molecular complexity index is 503. The van der Waals surface area contributed by atoms with E-state index in [1.807, 2.05) is 6.92 Å². The number of amides is 2. The summed E-state index contributed by atoms with van der Waals surface area (Å²) >= 11 is 2.52. The first-order valence-electron chi connectivity index (χ1n) is 6.42. The lowest BCUT2D eigenvalue weighted by Crippen LogP contribution is -2.16. The van der Waals surface area contributed by atoms with Gasteiger partial charge >= 0.3 is 0 Å². The standard InChI is InChI=1S/C14H18N2O3S2/c1-3-20-8-13(18)15-11-4-6-12(7-5-11)16-14(19)9-21-10(2)17/h4-7H,3,8-9H2,1-2H3,(H,15,18)(H,16,19). The van der Waals surface area contributed by atoms with Crippen LogP contribution < -0.4 is 10.6 Å². The lowest BCUT2D eigenvalue weighted by Gasteiger charge is -2.07. The zero-order valence-corrected chi connectivity index (χ0v) is 13.6. The molecule has 0 saturated heterocycles. The van der Waals surface area contributed by atoms with Gasteiger partial charge in [0, 0.05) is 18.3 Å². The number of carbonyl (C=O) groups is 3. The molecule has 114 valence electrons. The molecule has 7 heteroatoms. The lowest BCUT2D eigenvalue weighted by molar-refractivity contribution is -0.114. The Labute approximate surface area is 132 Å². The van der Waals surface area contributed by atoms with Crippen molar-refractivity contribution in [3.8, 4) is 0 Å². The molecule has 0 fully saturated rings.